The van der Waals surface area contributed by atoms with E-state index >= 15 is 0 Å². The molecule has 0 aliphatic rings. The molecular weight excluding hydrogens is 465 g/mol. The molecule has 1 amide bonds. The lowest BCUT2D eigenvalue weighted by atomic mass is 10.3. The highest BCUT2D eigenvalue weighted by Crippen LogP contribution is 2.21. The Morgan fingerprint density at radius 2 is 2.08 bits per heavy atom. The number of halogens is 1. The molecule has 1 N–H and O–H groups in total. The Bertz CT molecular complexity index is 915. The van der Waals surface area contributed by atoms with Crippen LogP contribution in [0, 0.1) is 3.57 Å². The van der Waals surface area contributed by atoms with Crippen LogP contribution in [-0.2, 0) is 20.7 Å². The second-order valence-corrected chi connectivity index (χ2v) is 7.36. The van der Waals surface area contributed by atoms with Crippen LogP contribution in [0.15, 0.2) is 54.0 Å². The lowest BCUT2D eigenvalue weighted by Crippen LogP contribution is -2.21. The number of nitrogens with zero attached hydrogens (tertiary/aromatic N) is 2. The van der Waals surface area contributed by atoms with Gasteiger partial charge >= 0.3 is 5.97 Å². The Labute approximate surface area is 167 Å². The van der Waals surface area contributed by atoms with E-state index in [0.29, 0.717) is 11.4 Å². The van der Waals surface area contributed by atoms with E-state index in [4.69, 9.17) is 4.74 Å². The van der Waals surface area contributed by atoms with E-state index < -0.39 is 5.97 Å². The number of aromatic nitrogens is 2. The van der Waals surface area contributed by atoms with Gasteiger partial charge in [-0.1, -0.05) is 12.1 Å². The molecule has 0 radical (unpaired) electrons. The van der Waals surface area contributed by atoms with Crippen LogP contribution in [0.3, 0.4) is 0 Å². The Kier molecular flexibility index (Phi) is 6.29. The summed E-state index contributed by atoms with van der Waals surface area (Å²) in [5.41, 5.74) is 2.02. The normalized spacial score (nSPS) is 10.3. The lowest BCUT2D eigenvalue weighted by Gasteiger charge is -2.06. The minimum absolute atomic E-state index is 0.0137. The van der Waals surface area contributed by atoms with Gasteiger partial charge in [0.05, 0.1) is 17.8 Å². The maximum absolute atomic E-state index is 11.9. The van der Waals surface area contributed by atoms with Crippen molar-refractivity contribution < 1.29 is 14.3 Å². The summed E-state index contributed by atoms with van der Waals surface area (Å²) in [5, 5.41) is 5.21. The van der Waals surface area contributed by atoms with Gasteiger partial charge in [-0.3, -0.25) is 14.6 Å². The molecule has 2 heterocycles. The molecule has 132 valence electrons. The van der Waals surface area contributed by atoms with Gasteiger partial charge in [0.15, 0.2) is 6.61 Å². The first kappa shape index (κ1) is 18.5. The first-order valence-corrected chi connectivity index (χ1v) is 9.63. The number of pyridine rings is 1. The first-order chi connectivity index (χ1) is 12.6. The smallest absolute Gasteiger partial charge is 0.312 e. The monoisotopic (exact) mass is 479 g/mol. The number of nitrogens with one attached hydrogen (secondary N) is 1. The highest BCUT2D eigenvalue weighted by Gasteiger charge is 2.12. The minimum Gasteiger partial charge on any atom is -0.455 e. The van der Waals surface area contributed by atoms with Gasteiger partial charge in [-0.2, -0.15) is 0 Å². The number of thiazole rings is 1. The average Bonchev–Trinajstić information content (AvgIpc) is 3.09. The number of ether oxygens (including phenoxy) is 1. The fourth-order valence-electron chi connectivity index (χ4n) is 2.10. The minimum atomic E-state index is -0.499. The second kappa shape index (κ2) is 8.86. The molecule has 2 aromatic heterocycles. The standard InChI is InChI=1S/C18H14IN3O3S/c19-12-4-3-5-13(8-12)21-16(23)10-25-17(24)9-14-11-26-18(22-14)15-6-1-2-7-20-15/h1-8,11H,9-10H2,(H,21,23). The Hall–Kier alpha value is -2.33. The van der Waals surface area contributed by atoms with Gasteiger partial charge in [0.25, 0.3) is 5.91 Å². The Morgan fingerprint density at radius 1 is 1.19 bits per heavy atom. The highest BCUT2D eigenvalue weighted by atomic mass is 127. The summed E-state index contributed by atoms with van der Waals surface area (Å²) in [7, 11) is 0. The number of hydrogen-bond donors (Lipinski definition) is 1. The molecule has 1 aromatic carbocycles. The molecule has 26 heavy (non-hydrogen) atoms. The molecule has 0 atom stereocenters. The molecule has 0 spiro atoms. The fourth-order valence-corrected chi connectivity index (χ4v) is 3.44. The zero-order valence-corrected chi connectivity index (χ0v) is 16.5. The summed E-state index contributed by atoms with van der Waals surface area (Å²) < 4.78 is 6.03. The predicted octanol–water partition coefficient (Wildman–Crippen LogP) is 3.53. The molecule has 0 saturated heterocycles. The SMILES string of the molecule is O=C(COC(=O)Cc1csc(-c2ccccn2)n1)Nc1cccc(I)c1. The second-order valence-electron chi connectivity index (χ2n) is 5.25. The van der Waals surface area contributed by atoms with Crippen molar-refractivity contribution in [1.82, 2.24) is 9.97 Å². The van der Waals surface area contributed by atoms with Crippen LogP contribution in [0.4, 0.5) is 5.69 Å². The third-order valence-corrected chi connectivity index (χ3v) is 4.82. The maximum atomic E-state index is 11.9. The summed E-state index contributed by atoms with van der Waals surface area (Å²) in [6.45, 7) is -0.332. The van der Waals surface area contributed by atoms with Gasteiger partial charge in [-0.15, -0.1) is 11.3 Å². The number of carbonyl (C=O) groups excluding carboxylic acids is 2. The van der Waals surface area contributed by atoms with E-state index in [0.717, 1.165) is 14.3 Å². The van der Waals surface area contributed by atoms with E-state index in [1.54, 1.807) is 17.6 Å². The van der Waals surface area contributed by atoms with Crippen molar-refractivity contribution in [2.45, 2.75) is 6.42 Å². The van der Waals surface area contributed by atoms with Gasteiger partial charge in [-0.05, 0) is 52.9 Å². The Balaban J connectivity index is 1.48. The van der Waals surface area contributed by atoms with Crippen LogP contribution in [0.25, 0.3) is 10.7 Å². The molecule has 8 heteroatoms. The third-order valence-electron chi connectivity index (χ3n) is 3.23. The van der Waals surface area contributed by atoms with E-state index in [-0.39, 0.29) is 18.9 Å². The van der Waals surface area contributed by atoms with E-state index in [1.807, 2.05) is 36.4 Å². The number of anilines is 1. The van der Waals surface area contributed by atoms with Crippen molar-refractivity contribution in [2.75, 3.05) is 11.9 Å². The molecule has 3 rings (SSSR count). The zero-order chi connectivity index (χ0) is 18.4. The molecule has 0 aliphatic carbocycles. The number of benzene rings is 1. The van der Waals surface area contributed by atoms with E-state index in [1.165, 1.54) is 11.3 Å². The molecule has 0 fully saturated rings. The third kappa shape index (κ3) is 5.33. The van der Waals surface area contributed by atoms with Gasteiger partial charge < -0.3 is 10.1 Å². The summed E-state index contributed by atoms with van der Waals surface area (Å²) in [6, 6.07) is 12.9. The van der Waals surface area contributed by atoms with Crippen LogP contribution in [-0.4, -0.2) is 28.5 Å². The number of esters is 1. The van der Waals surface area contributed by atoms with Crippen LogP contribution in [0.1, 0.15) is 5.69 Å². The van der Waals surface area contributed by atoms with Crippen molar-refractivity contribution >= 4 is 51.5 Å². The van der Waals surface area contributed by atoms with Gasteiger partial charge in [0.2, 0.25) is 0 Å². The fraction of sp³-hybridized carbons (Fsp3) is 0.111. The molecule has 3 aromatic rings. The number of hydrogen-bond acceptors (Lipinski definition) is 6. The summed E-state index contributed by atoms with van der Waals surface area (Å²) >= 11 is 3.57. The van der Waals surface area contributed by atoms with Crippen LogP contribution >= 0.6 is 33.9 Å². The summed E-state index contributed by atoms with van der Waals surface area (Å²) in [4.78, 5) is 32.4. The van der Waals surface area contributed by atoms with E-state index in [2.05, 4.69) is 37.9 Å². The van der Waals surface area contributed by atoms with Crippen molar-refractivity contribution in [2.24, 2.45) is 0 Å². The molecular formula is C18H14IN3O3S. The van der Waals surface area contributed by atoms with Crippen molar-refractivity contribution in [3.05, 3.63) is 63.3 Å². The average molecular weight is 479 g/mol. The van der Waals surface area contributed by atoms with E-state index in [9.17, 15) is 9.59 Å². The van der Waals surface area contributed by atoms with Gasteiger partial charge in [0, 0.05) is 20.8 Å². The highest BCUT2D eigenvalue weighted by molar-refractivity contribution is 14.1. The van der Waals surface area contributed by atoms with Gasteiger partial charge in [-0.25, -0.2) is 4.98 Å². The number of carbonyl (C=O) groups is 2. The van der Waals surface area contributed by atoms with Crippen LogP contribution in [0.5, 0.6) is 0 Å². The zero-order valence-electron chi connectivity index (χ0n) is 13.5. The van der Waals surface area contributed by atoms with Crippen molar-refractivity contribution in [3.8, 4) is 10.7 Å². The quantitative estimate of drug-likeness (QED) is 0.432. The van der Waals surface area contributed by atoms with Crippen molar-refractivity contribution in [3.63, 3.8) is 0 Å². The maximum Gasteiger partial charge on any atom is 0.312 e. The number of amides is 1. The largest absolute Gasteiger partial charge is 0.455 e. The van der Waals surface area contributed by atoms with Crippen LogP contribution in [0.2, 0.25) is 0 Å². The Morgan fingerprint density at radius 3 is 2.85 bits per heavy atom. The molecule has 6 nitrogen and oxygen atoms in total. The molecule has 0 bridgehead atoms. The number of rotatable bonds is 6. The van der Waals surface area contributed by atoms with Crippen molar-refractivity contribution in [1.29, 1.82) is 0 Å². The molecule has 0 aliphatic heterocycles. The molecule has 0 unspecified atom stereocenters. The summed E-state index contributed by atoms with van der Waals surface area (Å²) in [6.07, 6.45) is 1.71. The van der Waals surface area contributed by atoms with Gasteiger partial charge in [0.1, 0.15) is 5.01 Å². The first-order valence-electron chi connectivity index (χ1n) is 7.67. The topological polar surface area (TPSA) is 81.2 Å². The summed E-state index contributed by atoms with van der Waals surface area (Å²) in [5.74, 6) is -0.881. The van der Waals surface area contributed by atoms with Crippen LogP contribution < -0.4 is 5.32 Å². The predicted molar refractivity (Wildman–Crippen MR) is 108 cm³/mol. The molecule has 0 saturated carbocycles. The lowest BCUT2D eigenvalue weighted by molar-refractivity contribution is -0.146.